The standard InChI is InChI=1S/C30H41NO9/c1-31(30(33)40-23-28-26-9-5-3-7-24(26)25-8-4-6-10-27(25)28)12-14-36-16-18-38-20-22-39-21-19-37-17-15-35-13-11-29(32)34-2/h3-10,28H,11-23H2,1-2H3. The topological polar surface area (TPSA) is 102 Å². The Labute approximate surface area is 236 Å². The number of hydrogen-bond donors (Lipinski definition) is 0. The third kappa shape index (κ3) is 10.5. The molecule has 10 heteroatoms. The summed E-state index contributed by atoms with van der Waals surface area (Å²) in [6.45, 7) is 5.01. The largest absolute Gasteiger partial charge is 0.469 e. The van der Waals surface area contributed by atoms with E-state index in [0.29, 0.717) is 79.2 Å². The monoisotopic (exact) mass is 559 g/mol. The molecule has 0 saturated heterocycles. The van der Waals surface area contributed by atoms with Crippen LogP contribution in [0.2, 0.25) is 0 Å². The molecule has 1 amide bonds. The van der Waals surface area contributed by atoms with E-state index in [1.165, 1.54) is 34.3 Å². The molecule has 0 aliphatic heterocycles. The molecular weight excluding hydrogens is 518 g/mol. The van der Waals surface area contributed by atoms with Crippen molar-refractivity contribution in [2.24, 2.45) is 0 Å². The number of methoxy groups -OCH3 is 1. The van der Waals surface area contributed by atoms with Gasteiger partial charge in [0.2, 0.25) is 0 Å². The van der Waals surface area contributed by atoms with Gasteiger partial charge in [-0.15, -0.1) is 0 Å². The zero-order valence-corrected chi connectivity index (χ0v) is 23.5. The van der Waals surface area contributed by atoms with Gasteiger partial charge in [0, 0.05) is 19.5 Å². The summed E-state index contributed by atoms with van der Waals surface area (Å²) in [7, 11) is 3.06. The molecule has 0 bridgehead atoms. The highest BCUT2D eigenvalue weighted by Gasteiger charge is 2.29. The SMILES string of the molecule is COC(=O)CCOCCOCCOCCOCCOCCN(C)C(=O)OCC1c2ccccc2-c2ccccc21. The van der Waals surface area contributed by atoms with Crippen molar-refractivity contribution in [2.75, 3.05) is 93.4 Å². The van der Waals surface area contributed by atoms with Crippen LogP contribution in [-0.4, -0.2) is 110 Å². The van der Waals surface area contributed by atoms with Crippen molar-refractivity contribution in [3.05, 3.63) is 59.7 Å². The number of carbonyl (C=O) groups excluding carboxylic acids is 2. The lowest BCUT2D eigenvalue weighted by Crippen LogP contribution is -2.32. The molecule has 1 aliphatic carbocycles. The Bertz CT molecular complexity index is 986. The molecule has 220 valence electrons. The lowest BCUT2D eigenvalue weighted by atomic mass is 9.98. The molecule has 2 aromatic carbocycles. The van der Waals surface area contributed by atoms with Crippen LogP contribution < -0.4 is 0 Å². The van der Waals surface area contributed by atoms with Crippen molar-refractivity contribution in [3.8, 4) is 11.1 Å². The van der Waals surface area contributed by atoms with Gasteiger partial charge in [0.1, 0.15) is 6.61 Å². The van der Waals surface area contributed by atoms with Gasteiger partial charge in [-0.2, -0.15) is 0 Å². The number of carbonyl (C=O) groups is 2. The van der Waals surface area contributed by atoms with E-state index in [-0.39, 0.29) is 24.4 Å². The van der Waals surface area contributed by atoms with Crippen molar-refractivity contribution in [1.82, 2.24) is 4.90 Å². The predicted octanol–water partition coefficient (Wildman–Crippen LogP) is 3.51. The highest BCUT2D eigenvalue weighted by Crippen LogP contribution is 2.44. The number of esters is 1. The summed E-state index contributed by atoms with van der Waals surface area (Å²) in [5.74, 6) is -0.249. The minimum atomic E-state index is -0.367. The van der Waals surface area contributed by atoms with Crippen LogP contribution in [0.15, 0.2) is 48.5 Å². The van der Waals surface area contributed by atoms with Crippen molar-refractivity contribution in [1.29, 1.82) is 0 Å². The zero-order chi connectivity index (χ0) is 28.4. The van der Waals surface area contributed by atoms with E-state index in [1.807, 2.05) is 24.3 Å². The van der Waals surface area contributed by atoms with Gasteiger partial charge in [0.25, 0.3) is 0 Å². The number of rotatable bonds is 20. The number of amides is 1. The van der Waals surface area contributed by atoms with Gasteiger partial charge < -0.3 is 38.1 Å². The maximum Gasteiger partial charge on any atom is 0.409 e. The van der Waals surface area contributed by atoms with Crippen LogP contribution in [-0.2, 0) is 38.0 Å². The minimum absolute atomic E-state index is 0.0413. The Morgan fingerprint density at radius 1 is 0.675 bits per heavy atom. The van der Waals surface area contributed by atoms with E-state index in [0.717, 1.165) is 0 Å². The number of hydrogen-bond acceptors (Lipinski definition) is 9. The van der Waals surface area contributed by atoms with Gasteiger partial charge in [0.15, 0.2) is 0 Å². The van der Waals surface area contributed by atoms with Gasteiger partial charge in [0.05, 0.1) is 79.6 Å². The number of likely N-dealkylation sites (N-methyl/N-ethyl adjacent to an activating group) is 1. The number of ether oxygens (including phenoxy) is 7. The molecule has 3 rings (SSSR count). The first-order chi connectivity index (χ1) is 19.6. The van der Waals surface area contributed by atoms with Crippen LogP contribution in [0.25, 0.3) is 11.1 Å². The van der Waals surface area contributed by atoms with E-state index < -0.39 is 0 Å². The fourth-order valence-corrected chi connectivity index (χ4v) is 4.24. The van der Waals surface area contributed by atoms with Gasteiger partial charge >= 0.3 is 12.1 Å². The highest BCUT2D eigenvalue weighted by atomic mass is 16.6. The van der Waals surface area contributed by atoms with E-state index in [2.05, 4.69) is 29.0 Å². The lowest BCUT2D eigenvalue weighted by Gasteiger charge is -2.19. The molecule has 40 heavy (non-hydrogen) atoms. The molecule has 1 aliphatic rings. The summed E-state index contributed by atoms with van der Waals surface area (Å²) >= 11 is 0. The number of benzene rings is 2. The second kappa shape index (κ2) is 18.4. The van der Waals surface area contributed by atoms with Crippen LogP contribution >= 0.6 is 0 Å². The average molecular weight is 560 g/mol. The molecule has 0 heterocycles. The summed E-state index contributed by atoms with van der Waals surface area (Å²) in [5, 5.41) is 0. The Hall–Kier alpha value is -3.02. The smallest absolute Gasteiger partial charge is 0.409 e. The summed E-state index contributed by atoms with van der Waals surface area (Å²) in [5.41, 5.74) is 4.79. The Morgan fingerprint density at radius 2 is 1.12 bits per heavy atom. The third-order valence-electron chi connectivity index (χ3n) is 6.38. The molecule has 0 saturated carbocycles. The summed E-state index contributed by atoms with van der Waals surface area (Å²) in [6.07, 6.45) is -0.128. The van der Waals surface area contributed by atoms with Gasteiger partial charge in [-0.1, -0.05) is 48.5 Å². The molecule has 0 unspecified atom stereocenters. The summed E-state index contributed by atoms with van der Waals surface area (Å²) < 4.78 is 37.3. The predicted molar refractivity (Wildman–Crippen MR) is 148 cm³/mol. The van der Waals surface area contributed by atoms with Crippen molar-refractivity contribution in [2.45, 2.75) is 12.3 Å². The van der Waals surface area contributed by atoms with E-state index >= 15 is 0 Å². The summed E-state index contributed by atoms with van der Waals surface area (Å²) in [6, 6.07) is 16.5. The number of fused-ring (bicyclic) bond motifs is 3. The lowest BCUT2D eigenvalue weighted by molar-refractivity contribution is -0.141. The highest BCUT2D eigenvalue weighted by molar-refractivity contribution is 5.79. The minimum Gasteiger partial charge on any atom is -0.469 e. The summed E-state index contributed by atoms with van der Waals surface area (Å²) in [4.78, 5) is 25.0. The molecular formula is C30H41NO9. The quantitative estimate of drug-likeness (QED) is 0.178. The van der Waals surface area contributed by atoms with Crippen LogP contribution in [0, 0.1) is 0 Å². The van der Waals surface area contributed by atoms with E-state index in [9.17, 15) is 9.59 Å². The van der Waals surface area contributed by atoms with Crippen LogP contribution in [0.3, 0.4) is 0 Å². The van der Waals surface area contributed by atoms with E-state index in [4.69, 9.17) is 28.4 Å². The molecule has 0 spiro atoms. The second-order valence-corrected chi connectivity index (χ2v) is 9.11. The molecule has 0 atom stereocenters. The molecule has 2 aromatic rings. The first kappa shape index (κ1) is 31.5. The molecule has 0 radical (unpaired) electrons. The fraction of sp³-hybridized carbons (Fsp3) is 0.533. The molecule has 10 nitrogen and oxygen atoms in total. The van der Waals surface area contributed by atoms with Crippen LogP contribution in [0.5, 0.6) is 0 Å². The molecule has 0 N–H and O–H groups in total. The van der Waals surface area contributed by atoms with Crippen LogP contribution in [0.1, 0.15) is 23.5 Å². The van der Waals surface area contributed by atoms with Crippen molar-refractivity contribution >= 4 is 12.1 Å². The van der Waals surface area contributed by atoms with Crippen molar-refractivity contribution in [3.63, 3.8) is 0 Å². The van der Waals surface area contributed by atoms with Gasteiger partial charge in [-0.3, -0.25) is 4.79 Å². The Morgan fingerprint density at radius 3 is 1.62 bits per heavy atom. The zero-order valence-electron chi connectivity index (χ0n) is 23.5. The molecule has 0 fully saturated rings. The first-order valence-corrected chi connectivity index (χ1v) is 13.6. The first-order valence-electron chi connectivity index (χ1n) is 13.6. The van der Waals surface area contributed by atoms with Gasteiger partial charge in [-0.05, 0) is 22.3 Å². The maximum absolute atomic E-state index is 12.5. The number of nitrogens with zero attached hydrogens (tertiary/aromatic N) is 1. The third-order valence-corrected chi connectivity index (χ3v) is 6.38. The maximum atomic E-state index is 12.5. The normalized spacial score (nSPS) is 12.2. The van der Waals surface area contributed by atoms with Crippen molar-refractivity contribution < 1.29 is 42.7 Å². The second-order valence-electron chi connectivity index (χ2n) is 9.11. The van der Waals surface area contributed by atoms with E-state index in [1.54, 1.807) is 7.05 Å². The Balaban J connectivity index is 1.13. The van der Waals surface area contributed by atoms with Crippen LogP contribution in [0.4, 0.5) is 4.79 Å². The Kier molecular flexibility index (Phi) is 14.5. The van der Waals surface area contributed by atoms with Gasteiger partial charge in [-0.25, -0.2) is 4.79 Å². The molecule has 0 aromatic heterocycles. The fourth-order valence-electron chi connectivity index (χ4n) is 4.24. The average Bonchev–Trinajstić information content (AvgIpc) is 3.30.